The summed E-state index contributed by atoms with van der Waals surface area (Å²) in [6.45, 7) is 1.98. The number of esters is 1. The molecule has 0 bridgehead atoms. The summed E-state index contributed by atoms with van der Waals surface area (Å²) < 4.78 is 11.9. The minimum Gasteiger partial charge on any atom is -0.459 e. The van der Waals surface area contributed by atoms with Crippen molar-refractivity contribution in [1.29, 1.82) is 0 Å². The van der Waals surface area contributed by atoms with E-state index >= 15 is 0 Å². The Morgan fingerprint density at radius 3 is 3.05 bits per heavy atom. The third-order valence-electron chi connectivity index (χ3n) is 2.31. The van der Waals surface area contributed by atoms with Gasteiger partial charge in [-0.3, -0.25) is 0 Å². The highest BCUT2D eigenvalue weighted by molar-refractivity contribution is 8.00. The Bertz CT molecular complexity index is 720. The second-order valence-electron chi connectivity index (χ2n) is 3.64. The number of fused-ring (bicyclic) bond motifs is 1. The molecular formula is C12H9N3O3S2. The lowest BCUT2D eigenvalue weighted by Crippen LogP contribution is -2.04. The normalized spacial score (nSPS) is 10.8. The maximum absolute atomic E-state index is 11.4. The van der Waals surface area contributed by atoms with Crippen molar-refractivity contribution in [2.24, 2.45) is 0 Å². The Hall–Kier alpha value is -1.93. The van der Waals surface area contributed by atoms with Crippen LogP contribution in [0.4, 0.5) is 0 Å². The van der Waals surface area contributed by atoms with Gasteiger partial charge in [0.2, 0.25) is 0 Å². The lowest BCUT2D eigenvalue weighted by Gasteiger charge is -1.93. The first-order chi connectivity index (χ1) is 9.76. The highest BCUT2D eigenvalue weighted by Crippen LogP contribution is 2.33. The van der Waals surface area contributed by atoms with Gasteiger partial charge in [-0.2, -0.15) is 0 Å². The standard InChI is InChI=1S/C12H9N3O3S2/c1-2-17-10(16)9-14-15-11(18-9)20-12-13-7-5-3-4-6-8(7)19-12/h3-6H,2H2,1H3. The molecule has 2 heterocycles. The van der Waals surface area contributed by atoms with Gasteiger partial charge in [0.1, 0.15) is 0 Å². The number of hydrogen-bond acceptors (Lipinski definition) is 8. The number of thiazole rings is 1. The summed E-state index contributed by atoms with van der Waals surface area (Å²) in [5, 5.41) is 7.72. The molecule has 0 spiro atoms. The highest BCUT2D eigenvalue weighted by atomic mass is 32.2. The zero-order valence-corrected chi connectivity index (χ0v) is 12.0. The smallest absolute Gasteiger partial charge is 0.396 e. The van der Waals surface area contributed by atoms with Gasteiger partial charge in [-0.1, -0.05) is 17.2 Å². The average molecular weight is 307 g/mol. The molecule has 1 aromatic carbocycles. The van der Waals surface area contributed by atoms with Crippen molar-refractivity contribution in [2.45, 2.75) is 16.5 Å². The fraction of sp³-hybridized carbons (Fsp3) is 0.167. The molecule has 0 aliphatic rings. The number of aromatic nitrogens is 3. The van der Waals surface area contributed by atoms with Crippen molar-refractivity contribution < 1.29 is 13.9 Å². The van der Waals surface area contributed by atoms with Gasteiger partial charge in [-0.25, -0.2) is 9.78 Å². The Kier molecular flexibility index (Phi) is 3.66. The minimum absolute atomic E-state index is 0.143. The van der Waals surface area contributed by atoms with E-state index in [4.69, 9.17) is 9.15 Å². The summed E-state index contributed by atoms with van der Waals surface area (Å²) in [6, 6.07) is 7.82. The summed E-state index contributed by atoms with van der Waals surface area (Å²) in [5.74, 6) is -0.758. The van der Waals surface area contributed by atoms with E-state index in [9.17, 15) is 4.79 Å². The quantitative estimate of drug-likeness (QED) is 0.685. The van der Waals surface area contributed by atoms with Gasteiger partial charge in [0.25, 0.3) is 5.22 Å². The Morgan fingerprint density at radius 2 is 2.25 bits per heavy atom. The van der Waals surface area contributed by atoms with Gasteiger partial charge >= 0.3 is 11.9 Å². The van der Waals surface area contributed by atoms with Crippen LogP contribution in [0.25, 0.3) is 10.2 Å². The number of para-hydroxylation sites is 1. The van der Waals surface area contributed by atoms with Crippen molar-refractivity contribution in [3.8, 4) is 0 Å². The molecule has 20 heavy (non-hydrogen) atoms. The molecule has 8 heteroatoms. The molecular weight excluding hydrogens is 298 g/mol. The van der Waals surface area contributed by atoms with E-state index < -0.39 is 5.97 Å². The molecule has 0 saturated heterocycles. The van der Waals surface area contributed by atoms with Crippen molar-refractivity contribution in [1.82, 2.24) is 15.2 Å². The predicted octanol–water partition coefficient (Wildman–Crippen LogP) is 3.01. The second kappa shape index (κ2) is 5.59. The molecule has 6 nitrogen and oxygen atoms in total. The van der Waals surface area contributed by atoms with Crippen LogP contribution in [-0.2, 0) is 4.74 Å². The molecule has 0 fully saturated rings. The lowest BCUT2D eigenvalue weighted by atomic mass is 10.3. The number of benzene rings is 1. The number of ether oxygens (including phenoxy) is 1. The summed E-state index contributed by atoms with van der Waals surface area (Å²) in [5.41, 5.74) is 0.921. The number of carbonyl (C=O) groups is 1. The first kappa shape index (κ1) is 13.1. The summed E-state index contributed by atoms with van der Waals surface area (Å²) >= 11 is 2.76. The molecule has 0 atom stereocenters. The third-order valence-corrected chi connectivity index (χ3v) is 4.24. The highest BCUT2D eigenvalue weighted by Gasteiger charge is 2.17. The van der Waals surface area contributed by atoms with Crippen LogP contribution in [0, 0.1) is 0 Å². The Morgan fingerprint density at radius 1 is 1.40 bits per heavy atom. The third kappa shape index (κ3) is 2.66. The van der Waals surface area contributed by atoms with Crippen molar-refractivity contribution in [3.63, 3.8) is 0 Å². The molecule has 3 rings (SSSR count). The summed E-state index contributed by atoms with van der Waals surface area (Å²) in [6.07, 6.45) is 0. The lowest BCUT2D eigenvalue weighted by molar-refractivity contribution is 0.0475. The number of rotatable bonds is 4. The van der Waals surface area contributed by atoms with Gasteiger partial charge < -0.3 is 9.15 Å². The van der Waals surface area contributed by atoms with Crippen LogP contribution in [0.5, 0.6) is 0 Å². The predicted molar refractivity (Wildman–Crippen MR) is 74.0 cm³/mol. The van der Waals surface area contributed by atoms with E-state index in [-0.39, 0.29) is 17.7 Å². The SMILES string of the molecule is CCOC(=O)c1nnc(Sc2nc3ccccc3s2)o1. The minimum atomic E-state index is -0.615. The van der Waals surface area contributed by atoms with Gasteiger partial charge in [0, 0.05) is 11.8 Å². The molecule has 102 valence electrons. The van der Waals surface area contributed by atoms with Crippen LogP contribution in [0.1, 0.15) is 17.6 Å². The van der Waals surface area contributed by atoms with Crippen LogP contribution in [0.2, 0.25) is 0 Å². The monoisotopic (exact) mass is 307 g/mol. The molecule has 2 aromatic heterocycles. The summed E-state index contributed by atoms with van der Waals surface area (Å²) in [4.78, 5) is 15.8. The van der Waals surface area contributed by atoms with Gasteiger partial charge in [0.15, 0.2) is 4.34 Å². The zero-order chi connectivity index (χ0) is 13.9. The Balaban J connectivity index is 1.79. The Labute approximate surface area is 122 Å². The van der Waals surface area contributed by atoms with Crippen molar-refractivity contribution in [3.05, 3.63) is 30.2 Å². The van der Waals surface area contributed by atoms with Crippen LogP contribution >= 0.6 is 23.1 Å². The maximum Gasteiger partial charge on any atom is 0.396 e. The van der Waals surface area contributed by atoms with E-state index in [0.29, 0.717) is 0 Å². The van der Waals surface area contributed by atoms with E-state index in [2.05, 4.69) is 15.2 Å². The van der Waals surface area contributed by atoms with E-state index in [0.717, 1.165) is 14.6 Å². The van der Waals surface area contributed by atoms with Crippen LogP contribution < -0.4 is 0 Å². The maximum atomic E-state index is 11.4. The fourth-order valence-corrected chi connectivity index (χ4v) is 3.34. The molecule has 0 radical (unpaired) electrons. The molecule has 0 aliphatic heterocycles. The van der Waals surface area contributed by atoms with Crippen LogP contribution in [0.15, 0.2) is 38.2 Å². The number of hydrogen-bond donors (Lipinski definition) is 0. The first-order valence-electron chi connectivity index (χ1n) is 5.80. The first-order valence-corrected chi connectivity index (χ1v) is 7.43. The molecule has 0 unspecified atom stereocenters. The number of nitrogens with zero attached hydrogens (tertiary/aromatic N) is 3. The van der Waals surface area contributed by atoms with Gasteiger partial charge in [-0.05, 0) is 19.1 Å². The second-order valence-corrected chi connectivity index (χ2v) is 5.87. The van der Waals surface area contributed by atoms with E-state index in [1.54, 1.807) is 6.92 Å². The molecule has 3 aromatic rings. The van der Waals surface area contributed by atoms with Gasteiger partial charge in [-0.15, -0.1) is 16.4 Å². The van der Waals surface area contributed by atoms with E-state index in [1.165, 1.54) is 23.1 Å². The van der Waals surface area contributed by atoms with Crippen molar-refractivity contribution in [2.75, 3.05) is 6.61 Å². The molecule has 0 N–H and O–H groups in total. The van der Waals surface area contributed by atoms with Crippen LogP contribution in [0.3, 0.4) is 0 Å². The molecule has 0 aliphatic carbocycles. The average Bonchev–Trinajstić information content (AvgIpc) is 3.05. The molecule has 0 saturated carbocycles. The topological polar surface area (TPSA) is 78.1 Å². The van der Waals surface area contributed by atoms with Crippen molar-refractivity contribution >= 4 is 39.3 Å². The zero-order valence-electron chi connectivity index (χ0n) is 10.4. The largest absolute Gasteiger partial charge is 0.459 e. The number of carbonyl (C=O) groups excluding carboxylic acids is 1. The van der Waals surface area contributed by atoms with E-state index in [1.807, 2.05) is 24.3 Å². The fourth-order valence-electron chi connectivity index (χ4n) is 1.50. The summed E-state index contributed by atoms with van der Waals surface area (Å²) in [7, 11) is 0. The van der Waals surface area contributed by atoms with Crippen LogP contribution in [-0.4, -0.2) is 27.8 Å². The molecule has 0 amide bonds. The van der Waals surface area contributed by atoms with Gasteiger partial charge in [0.05, 0.1) is 16.8 Å².